The van der Waals surface area contributed by atoms with Crippen molar-refractivity contribution in [2.45, 2.75) is 19.9 Å². The van der Waals surface area contributed by atoms with Crippen molar-refractivity contribution < 1.29 is 14.3 Å². The van der Waals surface area contributed by atoms with E-state index in [4.69, 9.17) is 5.73 Å². The van der Waals surface area contributed by atoms with E-state index in [2.05, 4.69) is 14.9 Å². The largest absolute Gasteiger partial charge is 0.468 e. The number of ether oxygens (including phenoxy) is 1. The number of rotatable bonds is 4. The van der Waals surface area contributed by atoms with Crippen molar-refractivity contribution in [3.05, 3.63) is 11.9 Å². The molecule has 0 aliphatic carbocycles. The predicted molar refractivity (Wildman–Crippen MR) is 61.2 cm³/mol. The smallest absolute Gasteiger partial charge is 0.325 e. The highest BCUT2D eigenvalue weighted by Gasteiger charge is 2.24. The number of hydrogen-bond acceptors (Lipinski definition) is 5. The maximum absolute atomic E-state index is 12.1. The highest BCUT2D eigenvalue weighted by Crippen LogP contribution is 2.12. The van der Waals surface area contributed by atoms with Gasteiger partial charge in [0.15, 0.2) is 0 Å². The molecule has 0 aliphatic rings. The van der Waals surface area contributed by atoms with Crippen LogP contribution in [0.5, 0.6) is 0 Å². The number of nitrogens with one attached hydrogen (secondary N) is 1. The van der Waals surface area contributed by atoms with Gasteiger partial charge >= 0.3 is 5.97 Å². The van der Waals surface area contributed by atoms with Gasteiger partial charge in [-0.05, 0) is 13.8 Å². The monoisotopic (exact) mass is 240 g/mol. The molecule has 0 bridgehead atoms. The van der Waals surface area contributed by atoms with Crippen LogP contribution in [-0.2, 0) is 9.53 Å². The predicted octanol–water partition coefficient (Wildman–Crippen LogP) is 0.0155. The van der Waals surface area contributed by atoms with Gasteiger partial charge in [-0.1, -0.05) is 0 Å². The molecule has 1 aromatic heterocycles. The average molecular weight is 240 g/mol. The van der Waals surface area contributed by atoms with Crippen LogP contribution in [0.2, 0.25) is 0 Å². The van der Waals surface area contributed by atoms with Gasteiger partial charge < -0.3 is 15.4 Å². The van der Waals surface area contributed by atoms with Crippen LogP contribution in [0, 0.1) is 0 Å². The van der Waals surface area contributed by atoms with Gasteiger partial charge in [-0.2, -0.15) is 5.10 Å². The standard InChI is InChI=1S/C10H16N4O3/c1-6(2)14(5-8(15)17-3)10(16)9-7(11)4-12-13-9/h4,6H,5,11H2,1-3H3,(H,12,13). The first-order valence-corrected chi connectivity index (χ1v) is 5.14. The third-order valence-corrected chi connectivity index (χ3v) is 2.29. The number of aromatic nitrogens is 2. The summed E-state index contributed by atoms with van der Waals surface area (Å²) in [6.45, 7) is 3.48. The van der Waals surface area contributed by atoms with Gasteiger partial charge in [-0.25, -0.2) is 0 Å². The molecule has 17 heavy (non-hydrogen) atoms. The summed E-state index contributed by atoms with van der Waals surface area (Å²) >= 11 is 0. The zero-order valence-electron chi connectivity index (χ0n) is 10.1. The summed E-state index contributed by atoms with van der Waals surface area (Å²) < 4.78 is 4.54. The van der Waals surface area contributed by atoms with Crippen LogP contribution in [-0.4, -0.2) is 46.7 Å². The maximum Gasteiger partial charge on any atom is 0.325 e. The Bertz CT molecular complexity index is 413. The van der Waals surface area contributed by atoms with Gasteiger partial charge in [0, 0.05) is 6.04 Å². The Hall–Kier alpha value is -2.05. The third kappa shape index (κ3) is 2.96. The first-order chi connectivity index (χ1) is 7.97. The number of methoxy groups -OCH3 is 1. The van der Waals surface area contributed by atoms with E-state index in [0.29, 0.717) is 0 Å². The molecular weight excluding hydrogens is 224 g/mol. The van der Waals surface area contributed by atoms with E-state index >= 15 is 0 Å². The lowest BCUT2D eigenvalue weighted by Crippen LogP contribution is -2.41. The zero-order valence-corrected chi connectivity index (χ0v) is 10.1. The van der Waals surface area contributed by atoms with Crippen molar-refractivity contribution in [1.82, 2.24) is 15.1 Å². The molecule has 0 saturated carbocycles. The van der Waals surface area contributed by atoms with E-state index in [1.165, 1.54) is 18.2 Å². The second kappa shape index (κ2) is 5.33. The summed E-state index contributed by atoms with van der Waals surface area (Å²) in [4.78, 5) is 24.7. The number of amides is 1. The molecule has 1 amide bonds. The van der Waals surface area contributed by atoms with Crippen LogP contribution in [0.15, 0.2) is 6.20 Å². The molecule has 0 fully saturated rings. The van der Waals surface area contributed by atoms with E-state index in [-0.39, 0.29) is 29.9 Å². The number of nitrogens with two attached hydrogens (primary N) is 1. The SMILES string of the molecule is COC(=O)CN(C(=O)c1[nH]ncc1N)C(C)C. The number of nitrogen functional groups attached to an aromatic ring is 1. The lowest BCUT2D eigenvalue weighted by Gasteiger charge is -2.24. The number of carbonyl (C=O) groups excluding carboxylic acids is 2. The Morgan fingerprint density at radius 2 is 2.24 bits per heavy atom. The Labute approximate surface area is 98.9 Å². The lowest BCUT2D eigenvalue weighted by molar-refractivity contribution is -0.141. The van der Waals surface area contributed by atoms with Gasteiger partial charge in [0.25, 0.3) is 5.91 Å². The van der Waals surface area contributed by atoms with Crippen LogP contribution >= 0.6 is 0 Å². The highest BCUT2D eigenvalue weighted by molar-refractivity contribution is 5.98. The summed E-state index contributed by atoms with van der Waals surface area (Å²) in [5.74, 6) is -0.856. The number of carbonyl (C=O) groups is 2. The van der Waals surface area contributed by atoms with Gasteiger partial charge in [-0.3, -0.25) is 14.7 Å². The van der Waals surface area contributed by atoms with Crippen molar-refractivity contribution in [2.75, 3.05) is 19.4 Å². The molecule has 0 atom stereocenters. The molecular formula is C10H16N4O3. The molecule has 0 aromatic carbocycles. The van der Waals surface area contributed by atoms with Gasteiger partial charge in [0.05, 0.1) is 19.0 Å². The summed E-state index contributed by atoms with van der Waals surface area (Å²) in [7, 11) is 1.27. The lowest BCUT2D eigenvalue weighted by atomic mass is 10.2. The number of hydrogen-bond donors (Lipinski definition) is 2. The second-order valence-corrected chi connectivity index (χ2v) is 3.80. The summed E-state index contributed by atoms with van der Waals surface area (Å²) in [6.07, 6.45) is 1.35. The van der Waals surface area contributed by atoms with Crippen LogP contribution in [0.25, 0.3) is 0 Å². The van der Waals surface area contributed by atoms with Gasteiger partial charge in [0.2, 0.25) is 0 Å². The number of anilines is 1. The normalized spacial score (nSPS) is 10.4. The number of H-pyrrole nitrogens is 1. The Balaban J connectivity index is 2.89. The second-order valence-electron chi connectivity index (χ2n) is 3.80. The quantitative estimate of drug-likeness (QED) is 0.722. The minimum Gasteiger partial charge on any atom is -0.468 e. The highest BCUT2D eigenvalue weighted by atomic mass is 16.5. The van der Waals surface area contributed by atoms with E-state index in [1.54, 1.807) is 13.8 Å². The first-order valence-electron chi connectivity index (χ1n) is 5.14. The molecule has 1 aromatic rings. The molecule has 1 heterocycles. The molecule has 0 spiro atoms. The van der Waals surface area contributed by atoms with E-state index in [0.717, 1.165) is 0 Å². The van der Waals surface area contributed by atoms with E-state index in [9.17, 15) is 9.59 Å². The fourth-order valence-corrected chi connectivity index (χ4v) is 1.30. The third-order valence-electron chi connectivity index (χ3n) is 2.29. The first kappa shape index (κ1) is 13.0. The van der Waals surface area contributed by atoms with E-state index < -0.39 is 5.97 Å². The van der Waals surface area contributed by atoms with Crippen molar-refractivity contribution in [1.29, 1.82) is 0 Å². The molecule has 0 aliphatic heterocycles. The zero-order chi connectivity index (χ0) is 13.0. The summed E-state index contributed by atoms with van der Waals surface area (Å²) in [5, 5.41) is 6.18. The van der Waals surface area contributed by atoms with Crippen LogP contribution in [0.4, 0.5) is 5.69 Å². The molecule has 3 N–H and O–H groups in total. The number of nitrogens with zero attached hydrogens (tertiary/aromatic N) is 2. The van der Waals surface area contributed by atoms with Crippen LogP contribution < -0.4 is 5.73 Å². The van der Waals surface area contributed by atoms with Gasteiger partial charge in [0.1, 0.15) is 12.2 Å². The van der Waals surface area contributed by atoms with Crippen LogP contribution in [0.1, 0.15) is 24.3 Å². The fraction of sp³-hybridized carbons (Fsp3) is 0.500. The molecule has 0 radical (unpaired) electrons. The Morgan fingerprint density at radius 3 is 2.65 bits per heavy atom. The molecule has 7 heteroatoms. The average Bonchev–Trinajstić information content (AvgIpc) is 2.70. The van der Waals surface area contributed by atoms with Gasteiger partial charge in [-0.15, -0.1) is 0 Å². The fourth-order valence-electron chi connectivity index (χ4n) is 1.30. The summed E-state index contributed by atoms with van der Waals surface area (Å²) in [5.41, 5.74) is 6.02. The van der Waals surface area contributed by atoms with Crippen molar-refractivity contribution >= 4 is 17.6 Å². The number of aromatic amines is 1. The maximum atomic E-state index is 12.1. The molecule has 7 nitrogen and oxygen atoms in total. The van der Waals surface area contributed by atoms with Crippen molar-refractivity contribution in [3.63, 3.8) is 0 Å². The Kier molecular flexibility index (Phi) is 4.08. The molecule has 1 rings (SSSR count). The summed E-state index contributed by atoms with van der Waals surface area (Å²) in [6, 6.07) is -0.149. The van der Waals surface area contributed by atoms with Crippen molar-refractivity contribution in [2.24, 2.45) is 0 Å². The van der Waals surface area contributed by atoms with Crippen LogP contribution in [0.3, 0.4) is 0 Å². The van der Waals surface area contributed by atoms with E-state index in [1.807, 2.05) is 0 Å². The topological polar surface area (TPSA) is 101 Å². The molecule has 0 saturated heterocycles. The minimum absolute atomic E-state index is 0.120. The Morgan fingerprint density at radius 1 is 1.59 bits per heavy atom. The minimum atomic E-state index is -0.481. The molecule has 0 unspecified atom stereocenters. The number of esters is 1. The van der Waals surface area contributed by atoms with Crippen molar-refractivity contribution in [3.8, 4) is 0 Å². The molecule has 94 valence electrons.